The van der Waals surface area contributed by atoms with Gasteiger partial charge >= 0.3 is 12.1 Å². The van der Waals surface area contributed by atoms with Crippen molar-refractivity contribution in [2.75, 3.05) is 18.0 Å². The largest absolute Gasteiger partial charge is 0.479 e. The molecule has 8 heteroatoms. The van der Waals surface area contributed by atoms with Crippen LogP contribution < -0.4 is 4.90 Å². The van der Waals surface area contributed by atoms with Gasteiger partial charge in [0.05, 0.1) is 12.1 Å². The van der Waals surface area contributed by atoms with E-state index in [0.717, 1.165) is 12.1 Å². The topological polar surface area (TPSA) is 44.9 Å². The maximum atomic E-state index is 13.9. The van der Waals surface area contributed by atoms with E-state index in [-0.39, 0.29) is 31.6 Å². The first kappa shape index (κ1) is 16.1. The first-order chi connectivity index (χ1) is 10.2. The Balaban J connectivity index is 2.25. The Morgan fingerprint density at radius 2 is 1.91 bits per heavy atom. The summed E-state index contributed by atoms with van der Waals surface area (Å²) in [7, 11) is 0. The fourth-order valence-electron chi connectivity index (χ4n) is 2.38. The molecule has 0 aliphatic carbocycles. The molecule has 1 heterocycles. The van der Waals surface area contributed by atoms with Crippen LogP contribution >= 0.6 is 0 Å². The van der Waals surface area contributed by atoms with Crippen molar-refractivity contribution in [3.63, 3.8) is 0 Å². The second-order valence-corrected chi connectivity index (χ2v) is 5.07. The number of rotatable bonds is 2. The van der Waals surface area contributed by atoms with Crippen LogP contribution in [0.3, 0.4) is 0 Å². The van der Waals surface area contributed by atoms with Gasteiger partial charge in [0.25, 0.3) is 0 Å². The van der Waals surface area contributed by atoms with Crippen LogP contribution in [-0.4, -0.2) is 29.8 Å². The molecule has 4 nitrogen and oxygen atoms in total. The van der Waals surface area contributed by atoms with Gasteiger partial charge in [0.15, 0.2) is 5.69 Å². The van der Waals surface area contributed by atoms with Gasteiger partial charge < -0.3 is 10.0 Å². The lowest BCUT2D eigenvalue weighted by atomic mass is 9.93. The zero-order chi connectivity index (χ0) is 16.5. The number of hydrogen-bond donors (Lipinski definition) is 1. The number of alkyl halides is 4. The number of hydrogen-bond acceptors (Lipinski definition) is 2. The molecule has 0 unspecified atom stereocenters. The molecule has 0 bridgehead atoms. The van der Waals surface area contributed by atoms with Crippen LogP contribution in [0.2, 0.25) is 0 Å². The fourth-order valence-corrected chi connectivity index (χ4v) is 2.38. The quantitative estimate of drug-likeness (QED) is 0.669. The second kappa shape index (κ2) is 5.48. The zero-order valence-electron chi connectivity index (χ0n) is 11.3. The van der Waals surface area contributed by atoms with E-state index in [1.54, 1.807) is 0 Å². The van der Waals surface area contributed by atoms with Gasteiger partial charge in [-0.2, -0.15) is 13.2 Å². The van der Waals surface area contributed by atoms with Crippen molar-refractivity contribution in [2.45, 2.75) is 24.7 Å². The molecule has 1 aromatic carbocycles. The summed E-state index contributed by atoms with van der Waals surface area (Å²) in [6, 6.07) is 3.27. The number of carbonyl (C=O) groups is 1. The van der Waals surface area contributed by atoms with Gasteiger partial charge in [-0.25, -0.2) is 14.0 Å². The summed E-state index contributed by atoms with van der Waals surface area (Å²) >= 11 is 0. The molecule has 118 valence electrons. The molecule has 1 saturated heterocycles. The third-order valence-electron chi connectivity index (χ3n) is 3.71. The van der Waals surface area contributed by atoms with Gasteiger partial charge in [0.2, 0.25) is 5.67 Å². The van der Waals surface area contributed by atoms with Gasteiger partial charge in [0, 0.05) is 31.6 Å². The SMILES string of the molecule is [C-]#[N+]c1ccc(N2CCC(F)(C(=O)O)CC2)cc1C(F)(F)F. The number of piperidine rings is 1. The van der Waals surface area contributed by atoms with Gasteiger partial charge in [-0.05, 0) is 12.1 Å². The average Bonchev–Trinajstić information content (AvgIpc) is 2.46. The van der Waals surface area contributed by atoms with Gasteiger partial charge in [-0.3, -0.25) is 0 Å². The van der Waals surface area contributed by atoms with Crippen molar-refractivity contribution in [2.24, 2.45) is 0 Å². The van der Waals surface area contributed by atoms with Crippen molar-refractivity contribution in [3.05, 3.63) is 35.2 Å². The summed E-state index contributed by atoms with van der Waals surface area (Å²) in [6.45, 7) is 6.77. The summed E-state index contributed by atoms with van der Waals surface area (Å²) in [5.74, 6) is -1.55. The van der Waals surface area contributed by atoms with Gasteiger partial charge in [-0.15, -0.1) is 0 Å². The van der Waals surface area contributed by atoms with E-state index in [0.29, 0.717) is 0 Å². The highest BCUT2D eigenvalue weighted by atomic mass is 19.4. The summed E-state index contributed by atoms with van der Waals surface area (Å²) in [5.41, 5.74) is -3.68. The minimum Gasteiger partial charge on any atom is -0.479 e. The zero-order valence-corrected chi connectivity index (χ0v) is 11.3. The van der Waals surface area contributed by atoms with E-state index in [4.69, 9.17) is 11.7 Å². The number of carboxylic acids is 1. The van der Waals surface area contributed by atoms with E-state index < -0.39 is 29.1 Å². The molecular formula is C14H12F4N2O2. The fraction of sp³-hybridized carbons (Fsp3) is 0.429. The summed E-state index contributed by atoms with van der Waals surface area (Å²) < 4.78 is 52.7. The molecule has 0 atom stereocenters. The van der Waals surface area contributed by atoms with E-state index in [9.17, 15) is 22.4 Å². The highest BCUT2D eigenvalue weighted by Crippen LogP contribution is 2.39. The molecule has 22 heavy (non-hydrogen) atoms. The van der Waals surface area contributed by atoms with E-state index in [1.165, 1.54) is 11.0 Å². The number of benzene rings is 1. The molecule has 0 aromatic heterocycles. The van der Waals surface area contributed by atoms with Crippen LogP contribution in [-0.2, 0) is 11.0 Å². The van der Waals surface area contributed by atoms with Crippen molar-refractivity contribution in [1.82, 2.24) is 0 Å². The van der Waals surface area contributed by atoms with Gasteiger partial charge in [0.1, 0.15) is 0 Å². The predicted molar refractivity (Wildman–Crippen MR) is 70.6 cm³/mol. The van der Waals surface area contributed by atoms with Crippen LogP contribution in [0.15, 0.2) is 18.2 Å². The Morgan fingerprint density at radius 3 is 2.36 bits per heavy atom. The molecule has 1 aliphatic rings. The molecule has 0 amide bonds. The lowest BCUT2D eigenvalue weighted by Gasteiger charge is -2.35. The van der Waals surface area contributed by atoms with E-state index in [1.807, 2.05) is 0 Å². The molecule has 0 saturated carbocycles. The summed E-state index contributed by atoms with van der Waals surface area (Å²) in [4.78, 5) is 15.1. The second-order valence-electron chi connectivity index (χ2n) is 5.07. The van der Waals surface area contributed by atoms with E-state index in [2.05, 4.69) is 4.85 Å². The summed E-state index contributed by atoms with van der Waals surface area (Å²) in [6.07, 6.45) is -5.25. The third kappa shape index (κ3) is 2.98. The van der Waals surface area contributed by atoms with Gasteiger partial charge in [-0.1, -0.05) is 6.07 Å². The van der Waals surface area contributed by atoms with E-state index >= 15 is 0 Å². The lowest BCUT2D eigenvalue weighted by molar-refractivity contribution is -0.152. The maximum Gasteiger partial charge on any atom is 0.407 e. The minimum atomic E-state index is -4.66. The monoisotopic (exact) mass is 316 g/mol. The normalized spacial score (nSPS) is 17.9. The predicted octanol–water partition coefficient (Wildman–Crippen LogP) is 3.65. The van der Waals surface area contributed by atoms with Crippen molar-refractivity contribution in [1.29, 1.82) is 0 Å². The van der Waals surface area contributed by atoms with Crippen LogP contribution in [0.25, 0.3) is 4.85 Å². The molecule has 2 rings (SSSR count). The molecule has 1 N–H and O–H groups in total. The van der Waals surface area contributed by atoms with Crippen molar-refractivity contribution >= 4 is 17.3 Å². The van der Waals surface area contributed by atoms with Crippen molar-refractivity contribution < 1.29 is 27.5 Å². The van der Waals surface area contributed by atoms with Crippen molar-refractivity contribution in [3.8, 4) is 0 Å². The minimum absolute atomic E-state index is 0.00252. The highest BCUT2D eigenvalue weighted by molar-refractivity contribution is 5.78. The number of halogens is 4. The molecule has 0 spiro atoms. The van der Waals surface area contributed by atoms with Crippen LogP contribution in [0, 0.1) is 6.57 Å². The molecule has 0 radical (unpaired) electrons. The summed E-state index contributed by atoms with van der Waals surface area (Å²) in [5, 5.41) is 8.80. The maximum absolute atomic E-state index is 13.9. The number of nitrogens with zero attached hydrogens (tertiary/aromatic N) is 2. The van der Waals surface area contributed by atoms with Crippen LogP contribution in [0.4, 0.5) is 28.9 Å². The Morgan fingerprint density at radius 1 is 1.32 bits per heavy atom. The molecule has 1 fully saturated rings. The standard InChI is InChI=1S/C14H12F4N2O2/c1-19-11-3-2-9(8-10(11)14(16,17)18)20-6-4-13(15,5-7-20)12(21)22/h2-3,8H,4-7H2,(H,21,22). The number of carboxylic acid groups (broad SMARTS) is 1. The molecular weight excluding hydrogens is 304 g/mol. The average molecular weight is 316 g/mol. The first-order valence-corrected chi connectivity index (χ1v) is 6.43. The third-order valence-corrected chi connectivity index (χ3v) is 3.71. The Labute approximate surface area is 123 Å². The Kier molecular flexibility index (Phi) is 4.00. The lowest BCUT2D eigenvalue weighted by Crippen LogP contribution is -2.46. The number of anilines is 1. The van der Waals surface area contributed by atoms with Crippen LogP contribution in [0.5, 0.6) is 0 Å². The number of aliphatic carboxylic acids is 1. The molecule has 1 aromatic rings. The molecule has 1 aliphatic heterocycles. The first-order valence-electron chi connectivity index (χ1n) is 6.43. The smallest absolute Gasteiger partial charge is 0.407 e. The highest BCUT2D eigenvalue weighted by Gasteiger charge is 2.42. The van der Waals surface area contributed by atoms with Crippen LogP contribution in [0.1, 0.15) is 18.4 Å². The Hall–Kier alpha value is -2.30. The Bertz CT molecular complexity index is 629.